The molecule has 1 aliphatic rings. The van der Waals surface area contributed by atoms with E-state index in [1.54, 1.807) is 7.11 Å². The third-order valence-electron chi connectivity index (χ3n) is 6.42. The van der Waals surface area contributed by atoms with Gasteiger partial charge in [-0.05, 0) is 67.0 Å². The van der Waals surface area contributed by atoms with Crippen LogP contribution >= 0.6 is 35.4 Å². The third kappa shape index (κ3) is 6.47. The van der Waals surface area contributed by atoms with E-state index in [0.717, 1.165) is 58.6 Å². The highest BCUT2D eigenvalue weighted by molar-refractivity contribution is 7.80. The molecule has 0 unspecified atom stereocenters. The molecule has 1 aromatic heterocycles. The Morgan fingerprint density at radius 2 is 1.74 bits per heavy atom. The van der Waals surface area contributed by atoms with E-state index in [1.807, 2.05) is 36.4 Å². The van der Waals surface area contributed by atoms with Crippen LogP contribution in [0.15, 0.2) is 54.6 Å². The number of hydrogen-bond donors (Lipinski definition) is 2. The molecule has 1 aliphatic carbocycles. The molecule has 1 fully saturated rings. The Morgan fingerprint density at radius 3 is 2.44 bits per heavy atom. The van der Waals surface area contributed by atoms with Crippen LogP contribution < -0.4 is 10.1 Å². The molecule has 34 heavy (non-hydrogen) atoms. The zero-order chi connectivity index (χ0) is 23.9. The van der Waals surface area contributed by atoms with Crippen LogP contribution in [-0.4, -0.2) is 28.1 Å². The normalized spacial score (nSPS) is 14.4. The van der Waals surface area contributed by atoms with Crippen molar-refractivity contribution in [1.82, 2.24) is 9.88 Å². The van der Waals surface area contributed by atoms with Crippen LogP contribution in [0.4, 0.5) is 5.69 Å². The standard InChI is InChI=1S/C27H31Cl2N3OS/c1-33-26-15-14-21(17-25(26)29)31-27(34)32(23-9-4-2-3-5-10-23)18-22-13-12-20(30-22)16-19-8-6-7-11-24(19)28/h6-8,11-15,17,23,30H,2-5,9-10,16,18H2,1H3,(H,31,34). The van der Waals surface area contributed by atoms with Crippen LogP contribution in [0.3, 0.4) is 0 Å². The van der Waals surface area contributed by atoms with Gasteiger partial charge in [0, 0.05) is 34.6 Å². The smallest absolute Gasteiger partial charge is 0.174 e. The lowest BCUT2D eigenvalue weighted by atomic mass is 10.1. The van der Waals surface area contributed by atoms with Gasteiger partial charge in [0.05, 0.1) is 18.7 Å². The van der Waals surface area contributed by atoms with Crippen LogP contribution in [0.5, 0.6) is 5.75 Å². The Hall–Kier alpha value is -2.21. The van der Waals surface area contributed by atoms with E-state index in [2.05, 4.69) is 33.4 Å². The van der Waals surface area contributed by atoms with E-state index in [4.69, 9.17) is 40.2 Å². The molecule has 4 nitrogen and oxygen atoms in total. The number of thiocarbonyl (C=S) groups is 1. The van der Waals surface area contributed by atoms with Crippen LogP contribution in [0, 0.1) is 0 Å². The summed E-state index contributed by atoms with van der Waals surface area (Å²) in [5.74, 6) is 0.649. The maximum absolute atomic E-state index is 6.37. The minimum absolute atomic E-state index is 0.409. The number of methoxy groups -OCH3 is 1. The number of halogens is 2. The van der Waals surface area contributed by atoms with Gasteiger partial charge in [0.15, 0.2) is 5.11 Å². The van der Waals surface area contributed by atoms with E-state index >= 15 is 0 Å². The number of aromatic nitrogens is 1. The summed E-state index contributed by atoms with van der Waals surface area (Å²) >= 11 is 18.6. The molecule has 0 spiro atoms. The van der Waals surface area contributed by atoms with Gasteiger partial charge in [-0.2, -0.15) is 0 Å². The zero-order valence-electron chi connectivity index (χ0n) is 19.4. The number of hydrogen-bond acceptors (Lipinski definition) is 2. The van der Waals surface area contributed by atoms with Crippen LogP contribution in [0.25, 0.3) is 0 Å². The average molecular weight is 517 g/mol. The van der Waals surface area contributed by atoms with Gasteiger partial charge in [-0.25, -0.2) is 0 Å². The van der Waals surface area contributed by atoms with E-state index in [9.17, 15) is 0 Å². The summed E-state index contributed by atoms with van der Waals surface area (Å²) in [4.78, 5) is 5.93. The molecule has 2 N–H and O–H groups in total. The predicted octanol–water partition coefficient (Wildman–Crippen LogP) is 7.84. The summed E-state index contributed by atoms with van der Waals surface area (Å²) in [6, 6.07) is 18.3. The molecular formula is C27H31Cl2N3OS. The number of nitrogens with one attached hydrogen (secondary N) is 2. The minimum atomic E-state index is 0.409. The van der Waals surface area contributed by atoms with E-state index in [1.165, 1.54) is 25.7 Å². The Labute approximate surface area is 217 Å². The van der Waals surface area contributed by atoms with Crippen molar-refractivity contribution in [2.45, 2.75) is 57.5 Å². The lowest BCUT2D eigenvalue weighted by Crippen LogP contribution is -2.42. The fourth-order valence-corrected chi connectivity index (χ4v) is 5.38. The molecule has 0 bridgehead atoms. The molecular weight excluding hydrogens is 485 g/mol. The molecule has 1 saturated carbocycles. The van der Waals surface area contributed by atoms with Gasteiger partial charge in [-0.1, -0.05) is 67.1 Å². The first-order chi connectivity index (χ1) is 16.5. The summed E-state index contributed by atoms with van der Waals surface area (Å²) < 4.78 is 5.28. The summed E-state index contributed by atoms with van der Waals surface area (Å²) in [7, 11) is 1.61. The van der Waals surface area contributed by atoms with Gasteiger partial charge >= 0.3 is 0 Å². The summed E-state index contributed by atoms with van der Waals surface area (Å²) in [5.41, 5.74) is 4.26. The maximum atomic E-state index is 6.37. The fraction of sp³-hybridized carbons (Fsp3) is 0.370. The first-order valence-corrected chi connectivity index (χ1v) is 13.0. The summed E-state index contributed by atoms with van der Waals surface area (Å²) in [6.07, 6.45) is 8.14. The van der Waals surface area contributed by atoms with E-state index in [0.29, 0.717) is 16.8 Å². The largest absolute Gasteiger partial charge is 0.495 e. The van der Waals surface area contributed by atoms with Gasteiger partial charge in [-0.3, -0.25) is 0 Å². The Morgan fingerprint density at radius 1 is 1.00 bits per heavy atom. The van der Waals surface area contributed by atoms with E-state index in [-0.39, 0.29) is 0 Å². The van der Waals surface area contributed by atoms with Gasteiger partial charge in [0.1, 0.15) is 5.75 Å². The van der Waals surface area contributed by atoms with Crippen molar-refractivity contribution in [2.75, 3.05) is 12.4 Å². The second kappa shape index (κ2) is 12.0. The lowest BCUT2D eigenvalue weighted by Gasteiger charge is -2.33. The Bertz CT molecular complexity index is 1110. The first-order valence-electron chi connectivity index (χ1n) is 11.8. The number of benzene rings is 2. The molecule has 0 atom stereocenters. The number of aromatic amines is 1. The predicted molar refractivity (Wildman–Crippen MR) is 146 cm³/mol. The molecule has 7 heteroatoms. The number of nitrogens with zero attached hydrogens (tertiary/aromatic N) is 1. The average Bonchev–Trinajstić information content (AvgIpc) is 3.09. The number of anilines is 1. The van der Waals surface area contributed by atoms with Crippen LogP contribution in [0.1, 0.15) is 55.5 Å². The molecule has 4 rings (SSSR count). The minimum Gasteiger partial charge on any atom is -0.495 e. The van der Waals surface area contributed by atoms with Gasteiger partial charge in [0.2, 0.25) is 0 Å². The number of rotatable bonds is 7. The van der Waals surface area contributed by atoms with Gasteiger partial charge in [0.25, 0.3) is 0 Å². The third-order valence-corrected chi connectivity index (χ3v) is 7.42. The van der Waals surface area contributed by atoms with Crippen molar-refractivity contribution >= 4 is 46.2 Å². The molecule has 3 aromatic rings. The fourth-order valence-electron chi connectivity index (χ4n) is 4.59. The Kier molecular flexibility index (Phi) is 8.76. The SMILES string of the molecule is COc1ccc(NC(=S)N(Cc2ccc(Cc3ccccc3Cl)[nH]2)C2CCCCCC2)cc1Cl. The Balaban J connectivity index is 1.50. The maximum Gasteiger partial charge on any atom is 0.174 e. The van der Waals surface area contributed by atoms with E-state index < -0.39 is 0 Å². The highest BCUT2D eigenvalue weighted by atomic mass is 35.5. The highest BCUT2D eigenvalue weighted by Crippen LogP contribution is 2.29. The van der Waals surface area contributed by atoms with Gasteiger partial charge < -0.3 is 19.9 Å². The van der Waals surface area contributed by atoms with Crippen molar-refractivity contribution in [3.8, 4) is 5.75 Å². The summed E-state index contributed by atoms with van der Waals surface area (Å²) in [5, 5.41) is 5.48. The van der Waals surface area contributed by atoms with Crippen molar-refractivity contribution in [2.24, 2.45) is 0 Å². The first kappa shape index (κ1) is 24.9. The van der Waals surface area contributed by atoms with Crippen molar-refractivity contribution in [3.63, 3.8) is 0 Å². The second-order valence-corrected chi connectivity index (χ2v) is 10.0. The summed E-state index contributed by atoms with van der Waals surface area (Å²) in [6.45, 7) is 0.725. The second-order valence-electron chi connectivity index (χ2n) is 8.83. The molecule has 1 heterocycles. The van der Waals surface area contributed by atoms with Crippen molar-refractivity contribution in [3.05, 3.63) is 81.6 Å². The highest BCUT2D eigenvalue weighted by Gasteiger charge is 2.23. The van der Waals surface area contributed by atoms with Crippen molar-refractivity contribution < 1.29 is 4.74 Å². The van der Waals surface area contributed by atoms with Gasteiger partial charge in [-0.15, -0.1) is 0 Å². The molecule has 0 radical (unpaired) electrons. The van der Waals surface area contributed by atoms with Crippen LogP contribution in [0.2, 0.25) is 10.0 Å². The molecule has 0 saturated heterocycles. The topological polar surface area (TPSA) is 40.3 Å². The lowest BCUT2D eigenvalue weighted by molar-refractivity contribution is 0.278. The monoisotopic (exact) mass is 515 g/mol. The molecule has 0 aliphatic heterocycles. The number of ether oxygens (including phenoxy) is 1. The molecule has 180 valence electrons. The van der Waals surface area contributed by atoms with Crippen molar-refractivity contribution in [1.29, 1.82) is 0 Å². The molecule has 2 aromatic carbocycles. The zero-order valence-corrected chi connectivity index (χ0v) is 21.8. The number of H-pyrrole nitrogens is 1. The van der Waals surface area contributed by atoms with Crippen LogP contribution in [-0.2, 0) is 13.0 Å². The quantitative estimate of drug-likeness (QED) is 0.248. The molecule has 0 amide bonds.